The molecule has 8 heteroatoms. The quantitative estimate of drug-likeness (QED) is 0.313. The van der Waals surface area contributed by atoms with Gasteiger partial charge in [0.2, 0.25) is 0 Å². The summed E-state index contributed by atoms with van der Waals surface area (Å²) >= 11 is 0. The molecular weight excluding hydrogens is 434 g/mol. The number of benzene rings is 3. The molecule has 0 fully saturated rings. The Morgan fingerprint density at radius 2 is 1.22 bits per heavy atom. The highest BCUT2D eigenvalue weighted by Crippen LogP contribution is 2.33. The molecule has 0 N–H and O–H groups in total. The van der Waals surface area contributed by atoms with E-state index in [4.69, 9.17) is 4.42 Å². The van der Waals surface area contributed by atoms with Crippen LogP contribution in [0.2, 0.25) is 0 Å². The van der Waals surface area contributed by atoms with E-state index in [1.54, 1.807) is 24.3 Å². The van der Waals surface area contributed by atoms with E-state index in [-0.39, 0.29) is 34.3 Å². The molecule has 0 atom stereocenters. The third-order valence-electron chi connectivity index (χ3n) is 5.03. The fourth-order valence-corrected chi connectivity index (χ4v) is 3.40. The molecule has 0 spiro atoms. The van der Waals surface area contributed by atoms with Crippen LogP contribution < -0.4 is 5.43 Å². The highest BCUT2D eigenvalue weighted by molar-refractivity contribution is 5.80. The molecule has 4 aromatic rings. The minimum absolute atomic E-state index is 0.0539. The molecule has 0 amide bonds. The van der Waals surface area contributed by atoms with Gasteiger partial charge >= 0.3 is 12.4 Å². The fourth-order valence-electron chi connectivity index (χ4n) is 3.40. The van der Waals surface area contributed by atoms with Crippen molar-refractivity contribution in [1.29, 1.82) is 0 Å². The van der Waals surface area contributed by atoms with Crippen LogP contribution in [0.1, 0.15) is 22.3 Å². The Morgan fingerprint density at radius 3 is 1.78 bits per heavy atom. The van der Waals surface area contributed by atoms with E-state index in [1.807, 2.05) is 0 Å². The molecule has 2 nitrogen and oxygen atoms in total. The van der Waals surface area contributed by atoms with Crippen molar-refractivity contribution in [3.8, 4) is 11.3 Å². The zero-order valence-corrected chi connectivity index (χ0v) is 16.2. The first kappa shape index (κ1) is 21.7. The lowest BCUT2D eigenvalue weighted by Crippen LogP contribution is -2.12. The van der Waals surface area contributed by atoms with Crippen LogP contribution >= 0.6 is 0 Å². The molecule has 0 saturated carbocycles. The predicted molar refractivity (Wildman–Crippen MR) is 107 cm³/mol. The van der Waals surface area contributed by atoms with E-state index in [9.17, 15) is 31.1 Å². The molecule has 0 aliphatic carbocycles. The van der Waals surface area contributed by atoms with Gasteiger partial charge in [0.1, 0.15) is 11.3 Å². The van der Waals surface area contributed by atoms with Crippen LogP contribution in [-0.2, 0) is 18.8 Å². The minimum Gasteiger partial charge on any atom is -0.456 e. The maximum atomic E-state index is 13.2. The number of para-hydroxylation sites is 1. The van der Waals surface area contributed by atoms with Crippen LogP contribution in [0.4, 0.5) is 26.3 Å². The van der Waals surface area contributed by atoms with Crippen LogP contribution in [0.25, 0.3) is 22.3 Å². The Bertz CT molecular complexity index is 1310. The summed E-state index contributed by atoms with van der Waals surface area (Å²) < 4.78 is 83.2. The van der Waals surface area contributed by atoms with Gasteiger partial charge < -0.3 is 4.42 Å². The molecule has 1 aromatic heterocycles. The molecule has 3 aromatic carbocycles. The highest BCUT2D eigenvalue weighted by atomic mass is 19.4. The Morgan fingerprint density at radius 1 is 0.688 bits per heavy atom. The van der Waals surface area contributed by atoms with Gasteiger partial charge in [0.15, 0.2) is 5.43 Å². The van der Waals surface area contributed by atoms with E-state index in [1.165, 1.54) is 24.3 Å². The Balaban J connectivity index is 1.84. The molecule has 0 radical (unpaired) electrons. The predicted octanol–water partition coefficient (Wildman–Crippen LogP) is 7.09. The Hall–Kier alpha value is -3.55. The summed E-state index contributed by atoms with van der Waals surface area (Å²) in [6.07, 6.45) is -9.07. The van der Waals surface area contributed by atoms with Crippen molar-refractivity contribution < 1.29 is 30.8 Å². The zero-order valence-electron chi connectivity index (χ0n) is 16.2. The summed E-state index contributed by atoms with van der Waals surface area (Å²) in [6, 6.07) is 14.9. The molecule has 0 saturated heterocycles. The van der Waals surface area contributed by atoms with Gasteiger partial charge in [-0.05, 0) is 42.0 Å². The van der Waals surface area contributed by atoms with Crippen molar-refractivity contribution in [2.45, 2.75) is 18.8 Å². The number of rotatable bonds is 3. The van der Waals surface area contributed by atoms with E-state index in [0.29, 0.717) is 5.56 Å². The van der Waals surface area contributed by atoms with Gasteiger partial charge in [0.25, 0.3) is 0 Å². The molecule has 0 bridgehead atoms. The molecule has 164 valence electrons. The van der Waals surface area contributed by atoms with Crippen molar-refractivity contribution >= 4 is 11.0 Å². The number of fused-ring (bicyclic) bond motifs is 1. The summed E-state index contributed by atoms with van der Waals surface area (Å²) in [5.74, 6) is 0.0716. The second-order valence-electron chi connectivity index (χ2n) is 7.18. The second kappa shape index (κ2) is 7.85. The van der Waals surface area contributed by atoms with Gasteiger partial charge in [-0.2, -0.15) is 26.3 Å². The van der Waals surface area contributed by atoms with Crippen molar-refractivity contribution in [3.05, 3.63) is 105 Å². The van der Waals surface area contributed by atoms with Crippen LogP contribution in [0.15, 0.2) is 82.0 Å². The van der Waals surface area contributed by atoms with Gasteiger partial charge in [-0.3, -0.25) is 4.79 Å². The number of hydrogen-bond donors (Lipinski definition) is 0. The minimum atomic E-state index is -4.52. The lowest BCUT2D eigenvalue weighted by atomic mass is 9.97. The normalized spacial score (nSPS) is 12.3. The van der Waals surface area contributed by atoms with E-state index in [0.717, 1.165) is 24.3 Å². The van der Waals surface area contributed by atoms with E-state index >= 15 is 0 Å². The van der Waals surface area contributed by atoms with Crippen molar-refractivity contribution in [3.63, 3.8) is 0 Å². The average Bonchev–Trinajstić information content (AvgIpc) is 2.75. The summed E-state index contributed by atoms with van der Waals surface area (Å²) in [7, 11) is 0. The molecule has 0 aliphatic heterocycles. The summed E-state index contributed by atoms with van der Waals surface area (Å²) in [4.78, 5) is 13.2. The van der Waals surface area contributed by atoms with E-state index in [2.05, 4.69) is 0 Å². The standard InChI is InChI=1S/C24H14F6O2/c25-23(26,27)16-9-5-14(6-10-16)13-19-21(31)18-3-1-2-4-20(18)32-22(19)15-7-11-17(12-8-15)24(28,29)30/h1-12H,13H2. The lowest BCUT2D eigenvalue weighted by Gasteiger charge is -2.12. The number of halogens is 6. The first-order valence-corrected chi connectivity index (χ1v) is 9.42. The van der Waals surface area contributed by atoms with Crippen molar-refractivity contribution in [1.82, 2.24) is 0 Å². The maximum absolute atomic E-state index is 13.2. The Kier molecular flexibility index (Phi) is 5.32. The van der Waals surface area contributed by atoms with Gasteiger partial charge in [-0.15, -0.1) is 0 Å². The third kappa shape index (κ3) is 4.26. The van der Waals surface area contributed by atoms with Crippen LogP contribution in [0.3, 0.4) is 0 Å². The molecule has 0 aliphatic rings. The lowest BCUT2D eigenvalue weighted by molar-refractivity contribution is -0.138. The Labute approximate surface area is 177 Å². The highest BCUT2D eigenvalue weighted by Gasteiger charge is 2.31. The third-order valence-corrected chi connectivity index (χ3v) is 5.03. The topological polar surface area (TPSA) is 30.2 Å². The molecule has 4 rings (SSSR count). The van der Waals surface area contributed by atoms with Gasteiger partial charge in [-0.1, -0.05) is 36.4 Å². The SMILES string of the molecule is O=c1c(Cc2ccc(C(F)(F)F)cc2)c(-c2ccc(C(F)(F)F)cc2)oc2ccccc12. The summed E-state index contributed by atoms with van der Waals surface area (Å²) in [5, 5.41) is 0.269. The molecule has 32 heavy (non-hydrogen) atoms. The zero-order chi connectivity index (χ0) is 23.1. The molecule has 0 unspecified atom stereocenters. The van der Waals surface area contributed by atoms with E-state index < -0.39 is 28.9 Å². The van der Waals surface area contributed by atoms with Crippen molar-refractivity contribution in [2.24, 2.45) is 0 Å². The van der Waals surface area contributed by atoms with Crippen molar-refractivity contribution in [2.75, 3.05) is 0 Å². The molecular formula is C24H14F6O2. The summed E-state index contributed by atoms with van der Waals surface area (Å²) in [5.41, 5.74) is -1.01. The van der Waals surface area contributed by atoms with Crippen LogP contribution in [0.5, 0.6) is 0 Å². The van der Waals surface area contributed by atoms with Gasteiger partial charge in [-0.25, -0.2) is 0 Å². The number of alkyl halides is 6. The van der Waals surface area contributed by atoms with Gasteiger partial charge in [0.05, 0.1) is 16.5 Å². The average molecular weight is 448 g/mol. The van der Waals surface area contributed by atoms with Crippen LogP contribution in [0, 0.1) is 0 Å². The monoisotopic (exact) mass is 448 g/mol. The smallest absolute Gasteiger partial charge is 0.416 e. The fraction of sp³-hybridized carbons (Fsp3) is 0.125. The second-order valence-corrected chi connectivity index (χ2v) is 7.18. The number of hydrogen-bond acceptors (Lipinski definition) is 2. The first-order chi connectivity index (χ1) is 15.0. The molecule has 1 heterocycles. The van der Waals surface area contributed by atoms with Gasteiger partial charge in [0, 0.05) is 17.5 Å². The summed E-state index contributed by atoms with van der Waals surface area (Å²) in [6.45, 7) is 0. The first-order valence-electron chi connectivity index (χ1n) is 9.42. The maximum Gasteiger partial charge on any atom is 0.416 e. The van der Waals surface area contributed by atoms with Crippen LogP contribution in [-0.4, -0.2) is 0 Å². The largest absolute Gasteiger partial charge is 0.456 e.